The van der Waals surface area contributed by atoms with Gasteiger partial charge in [-0.15, -0.1) is 0 Å². The Morgan fingerprint density at radius 1 is 1.43 bits per heavy atom. The third-order valence-electron chi connectivity index (χ3n) is 4.83. The second-order valence-electron chi connectivity index (χ2n) is 6.88. The maximum absolute atomic E-state index is 13.0. The van der Waals surface area contributed by atoms with Gasteiger partial charge in [0.05, 0.1) is 18.2 Å². The molecule has 0 N–H and O–H groups in total. The highest BCUT2D eigenvalue weighted by Crippen LogP contribution is 2.26. The first-order chi connectivity index (χ1) is 13.6. The minimum Gasteiger partial charge on any atom is -0.353 e. The van der Waals surface area contributed by atoms with Crippen LogP contribution >= 0.6 is 11.6 Å². The van der Waals surface area contributed by atoms with Crippen molar-refractivity contribution in [3.8, 4) is 0 Å². The van der Waals surface area contributed by atoms with Gasteiger partial charge in [-0.3, -0.25) is 9.78 Å². The maximum atomic E-state index is 13.0. The van der Waals surface area contributed by atoms with Crippen molar-refractivity contribution < 1.29 is 14.3 Å². The van der Waals surface area contributed by atoms with Crippen molar-refractivity contribution in [1.29, 1.82) is 0 Å². The number of hydrogen-bond donors (Lipinski definition) is 0. The Bertz CT molecular complexity index is 984. The Balaban J connectivity index is 1.61. The largest absolute Gasteiger partial charge is 0.353 e. The number of ether oxygens (including phenoxy) is 2. The Morgan fingerprint density at radius 2 is 2.32 bits per heavy atom. The Kier molecular flexibility index (Phi) is 5.66. The van der Waals surface area contributed by atoms with Gasteiger partial charge in [-0.05, 0) is 38.3 Å². The molecule has 7 nitrogen and oxygen atoms in total. The lowest BCUT2D eigenvalue weighted by Crippen LogP contribution is -2.25. The second kappa shape index (κ2) is 8.34. The lowest BCUT2D eigenvalue weighted by Gasteiger charge is -2.24. The van der Waals surface area contributed by atoms with Crippen molar-refractivity contribution in [1.82, 2.24) is 19.5 Å². The van der Waals surface area contributed by atoms with Crippen molar-refractivity contribution in [2.24, 2.45) is 0 Å². The Labute approximate surface area is 167 Å². The van der Waals surface area contributed by atoms with E-state index in [9.17, 15) is 4.79 Å². The molecule has 28 heavy (non-hydrogen) atoms. The first kappa shape index (κ1) is 19.0. The van der Waals surface area contributed by atoms with Crippen molar-refractivity contribution in [3.05, 3.63) is 53.3 Å². The van der Waals surface area contributed by atoms with Gasteiger partial charge in [-0.25, -0.2) is 9.97 Å². The van der Waals surface area contributed by atoms with Gasteiger partial charge in [0.2, 0.25) is 5.78 Å². The molecule has 3 aromatic rings. The lowest BCUT2D eigenvalue weighted by atomic mass is 10.1. The fourth-order valence-corrected chi connectivity index (χ4v) is 3.50. The lowest BCUT2D eigenvalue weighted by molar-refractivity contribution is -0.166. The van der Waals surface area contributed by atoms with Crippen LogP contribution in [0.5, 0.6) is 0 Å². The average Bonchev–Trinajstić information content (AvgIpc) is 3.12. The standard InChI is InChI=1S/C20H21ClN4O3/c1-13(11-28-18-4-2-3-7-27-18)25-10-16(15-9-22-12-24-20(15)25)19(26)17-8-14(21)5-6-23-17/h5-6,8-10,12-13,18H,2-4,7,11H2,1H3. The molecule has 2 atom stereocenters. The van der Waals surface area contributed by atoms with Crippen LogP contribution in [0.2, 0.25) is 5.02 Å². The highest BCUT2D eigenvalue weighted by atomic mass is 35.5. The molecule has 0 aromatic carbocycles. The van der Waals surface area contributed by atoms with Crippen LogP contribution in [0.1, 0.15) is 48.3 Å². The summed E-state index contributed by atoms with van der Waals surface area (Å²) < 4.78 is 13.5. The molecule has 146 valence electrons. The molecule has 1 aliphatic rings. The average molecular weight is 401 g/mol. The number of hydrogen-bond acceptors (Lipinski definition) is 6. The Hall–Kier alpha value is -2.35. The number of fused-ring (bicyclic) bond motifs is 1. The molecule has 1 fully saturated rings. The van der Waals surface area contributed by atoms with Gasteiger partial charge in [0, 0.05) is 35.6 Å². The molecule has 2 unspecified atom stereocenters. The van der Waals surface area contributed by atoms with E-state index in [1.165, 1.54) is 12.5 Å². The quantitative estimate of drug-likeness (QED) is 0.585. The van der Waals surface area contributed by atoms with Gasteiger partial charge in [0.1, 0.15) is 17.7 Å². The van der Waals surface area contributed by atoms with Gasteiger partial charge in [-0.1, -0.05) is 11.6 Å². The number of nitrogens with zero attached hydrogens (tertiary/aromatic N) is 4. The molecule has 4 heterocycles. The molecular weight excluding hydrogens is 380 g/mol. The molecule has 1 aliphatic heterocycles. The zero-order valence-electron chi connectivity index (χ0n) is 15.5. The first-order valence-corrected chi connectivity index (χ1v) is 9.71. The van der Waals surface area contributed by atoms with Crippen LogP contribution in [-0.2, 0) is 9.47 Å². The summed E-state index contributed by atoms with van der Waals surface area (Å²) in [5.74, 6) is -0.218. The summed E-state index contributed by atoms with van der Waals surface area (Å²) in [5.41, 5.74) is 1.46. The van der Waals surface area contributed by atoms with E-state index in [1.54, 1.807) is 24.5 Å². The molecule has 0 bridgehead atoms. The van der Waals surface area contributed by atoms with Crippen molar-refractivity contribution in [3.63, 3.8) is 0 Å². The first-order valence-electron chi connectivity index (χ1n) is 9.33. The van der Waals surface area contributed by atoms with Crippen LogP contribution in [0, 0.1) is 0 Å². The summed E-state index contributed by atoms with van der Waals surface area (Å²) in [6, 6.07) is 3.16. The fourth-order valence-electron chi connectivity index (χ4n) is 3.34. The van der Waals surface area contributed by atoms with Crippen molar-refractivity contribution in [2.45, 2.75) is 38.5 Å². The number of pyridine rings is 1. The molecule has 0 spiro atoms. The van der Waals surface area contributed by atoms with E-state index >= 15 is 0 Å². The number of halogens is 1. The summed E-state index contributed by atoms with van der Waals surface area (Å²) in [6.07, 6.45) is 9.38. The third kappa shape index (κ3) is 3.92. The summed E-state index contributed by atoms with van der Waals surface area (Å²) in [7, 11) is 0. The molecule has 8 heteroatoms. The minimum absolute atomic E-state index is 0.0307. The predicted molar refractivity (Wildman–Crippen MR) is 104 cm³/mol. The molecule has 0 saturated carbocycles. The number of carbonyl (C=O) groups is 1. The molecule has 0 aliphatic carbocycles. The predicted octanol–water partition coefficient (Wildman–Crippen LogP) is 3.81. The zero-order valence-corrected chi connectivity index (χ0v) is 16.3. The maximum Gasteiger partial charge on any atom is 0.213 e. The van der Waals surface area contributed by atoms with E-state index in [-0.39, 0.29) is 23.8 Å². The van der Waals surface area contributed by atoms with E-state index in [0.29, 0.717) is 28.2 Å². The summed E-state index contributed by atoms with van der Waals surface area (Å²) in [5, 5.41) is 1.14. The van der Waals surface area contributed by atoms with E-state index in [2.05, 4.69) is 15.0 Å². The second-order valence-corrected chi connectivity index (χ2v) is 7.31. The number of rotatable bonds is 6. The molecule has 4 rings (SSSR count). The highest BCUT2D eigenvalue weighted by Gasteiger charge is 2.22. The molecule has 1 saturated heterocycles. The molecule has 3 aromatic heterocycles. The third-order valence-corrected chi connectivity index (χ3v) is 5.06. The topological polar surface area (TPSA) is 79.1 Å². The summed E-state index contributed by atoms with van der Waals surface area (Å²) in [4.78, 5) is 25.6. The van der Waals surface area contributed by atoms with Gasteiger partial charge in [0.15, 0.2) is 6.29 Å². The zero-order chi connectivity index (χ0) is 19.5. The Morgan fingerprint density at radius 3 is 3.11 bits per heavy atom. The van der Waals surface area contributed by atoms with Crippen molar-refractivity contribution in [2.75, 3.05) is 13.2 Å². The van der Waals surface area contributed by atoms with Crippen LogP contribution in [-0.4, -0.2) is 44.8 Å². The number of ketones is 1. The minimum atomic E-state index is -0.218. The van der Waals surface area contributed by atoms with Crippen LogP contribution in [0.15, 0.2) is 37.1 Å². The molecule has 0 amide bonds. The summed E-state index contributed by atoms with van der Waals surface area (Å²) >= 11 is 6.01. The van der Waals surface area contributed by atoms with Crippen molar-refractivity contribution >= 4 is 28.4 Å². The number of carbonyl (C=O) groups excluding carboxylic acids is 1. The van der Waals surface area contributed by atoms with Crippen LogP contribution in [0.3, 0.4) is 0 Å². The normalized spacial score (nSPS) is 18.3. The van der Waals surface area contributed by atoms with E-state index in [1.807, 2.05) is 11.5 Å². The van der Waals surface area contributed by atoms with Gasteiger partial charge in [-0.2, -0.15) is 0 Å². The van der Waals surface area contributed by atoms with Gasteiger partial charge >= 0.3 is 0 Å². The van der Waals surface area contributed by atoms with E-state index in [4.69, 9.17) is 21.1 Å². The number of aromatic nitrogens is 4. The highest BCUT2D eigenvalue weighted by molar-refractivity contribution is 6.31. The van der Waals surface area contributed by atoms with E-state index < -0.39 is 0 Å². The summed E-state index contributed by atoms with van der Waals surface area (Å²) in [6.45, 7) is 3.22. The van der Waals surface area contributed by atoms with Crippen LogP contribution in [0.25, 0.3) is 11.0 Å². The molecule has 0 radical (unpaired) electrons. The molecular formula is C20H21ClN4O3. The smallest absolute Gasteiger partial charge is 0.213 e. The van der Waals surface area contributed by atoms with Gasteiger partial charge in [0.25, 0.3) is 0 Å². The van der Waals surface area contributed by atoms with Crippen LogP contribution in [0.4, 0.5) is 0 Å². The SMILES string of the molecule is CC(COC1CCCCO1)n1cc(C(=O)c2cc(Cl)ccn2)c2cncnc21. The van der Waals surface area contributed by atoms with E-state index in [0.717, 1.165) is 25.9 Å². The monoisotopic (exact) mass is 400 g/mol. The van der Waals surface area contributed by atoms with Crippen LogP contribution < -0.4 is 0 Å². The fraction of sp³-hybridized carbons (Fsp3) is 0.400. The van der Waals surface area contributed by atoms with Gasteiger partial charge < -0.3 is 14.0 Å².